The Morgan fingerprint density at radius 1 is 1.64 bits per heavy atom. The molecule has 1 fully saturated rings. The first-order chi connectivity index (χ1) is 5.04. The van der Waals surface area contributed by atoms with Crippen LogP contribution >= 0.6 is 0 Å². The number of carboxylic acids is 1. The Bertz CT molecular complexity index is 235. The summed E-state index contributed by atoms with van der Waals surface area (Å²) in [5, 5.41) is 8.42. The van der Waals surface area contributed by atoms with Crippen molar-refractivity contribution in [3.05, 3.63) is 0 Å². The minimum Gasteiger partial charge on any atom is -0.481 e. The third-order valence-corrected chi connectivity index (χ3v) is 1.63. The van der Waals surface area contributed by atoms with Crippen LogP contribution in [0.5, 0.6) is 0 Å². The molecular formula is C6H7NO4. The molecule has 0 saturated carbocycles. The summed E-state index contributed by atoms with van der Waals surface area (Å²) in [6.07, 6.45) is 0. The maximum absolute atomic E-state index is 10.8. The maximum Gasteiger partial charge on any atom is 0.316 e. The molecule has 0 aromatic heterocycles. The second-order valence-electron chi connectivity index (χ2n) is 2.44. The van der Waals surface area contributed by atoms with Gasteiger partial charge in [0.1, 0.15) is 5.92 Å². The summed E-state index contributed by atoms with van der Waals surface area (Å²) in [5.74, 6) is -3.92. The molecule has 1 N–H and O–H groups in total. The molecule has 1 saturated heterocycles. The van der Waals surface area contributed by atoms with Crippen molar-refractivity contribution in [2.45, 2.75) is 0 Å². The average molecular weight is 157 g/mol. The first-order valence-electron chi connectivity index (χ1n) is 3.06. The van der Waals surface area contributed by atoms with E-state index in [9.17, 15) is 14.4 Å². The van der Waals surface area contributed by atoms with Gasteiger partial charge in [0.25, 0.3) is 5.91 Å². The van der Waals surface area contributed by atoms with E-state index in [4.69, 9.17) is 5.11 Å². The zero-order valence-electron chi connectivity index (χ0n) is 5.90. The molecule has 5 nitrogen and oxygen atoms in total. The number of hydrogen-bond acceptors (Lipinski definition) is 3. The fraction of sp³-hybridized carbons (Fsp3) is 0.500. The van der Waals surface area contributed by atoms with Crippen LogP contribution in [0.3, 0.4) is 0 Å². The lowest BCUT2D eigenvalue weighted by molar-refractivity contribution is -0.147. The molecule has 0 aliphatic carbocycles. The van der Waals surface area contributed by atoms with Crippen molar-refractivity contribution >= 4 is 17.7 Å². The standard InChI is InChI=1S/C6H7NO4/c1-7-2-3(6(10)11)4(8)5(7)9/h3H,2H2,1H3,(H,10,11). The van der Waals surface area contributed by atoms with Gasteiger partial charge in [-0.3, -0.25) is 14.4 Å². The van der Waals surface area contributed by atoms with E-state index >= 15 is 0 Å². The van der Waals surface area contributed by atoms with E-state index in [1.165, 1.54) is 7.05 Å². The topological polar surface area (TPSA) is 74.7 Å². The fourth-order valence-corrected chi connectivity index (χ4v) is 0.967. The number of likely N-dealkylation sites (N-methyl/N-ethyl adjacent to an activating group) is 1. The number of rotatable bonds is 1. The van der Waals surface area contributed by atoms with E-state index in [-0.39, 0.29) is 6.54 Å². The fourth-order valence-electron chi connectivity index (χ4n) is 0.967. The van der Waals surface area contributed by atoms with E-state index in [1.807, 2.05) is 0 Å². The van der Waals surface area contributed by atoms with Crippen LogP contribution in [0.1, 0.15) is 0 Å². The van der Waals surface area contributed by atoms with E-state index in [1.54, 1.807) is 0 Å². The number of nitrogens with zero attached hydrogens (tertiary/aromatic N) is 1. The van der Waals surface area contributed by atoms with Gasteiger partial charge in [-0.05, 0) is 0 Å². The summed E-state index contributed by atoms with van der Waals surface area (Å²) in [5.41, 5.74) is 0. The molecule has 1 unspecified atom stereocenters. The number of hydrogen-bond donors (Lipinski definition) is 1. The number of likely N-dealkylation sites (tertiary alicyclic amines) is 1. The monoisotopic (exact) mass is 157 g/mol. The smallest absolute Gasteiger partial charge is 0.316 e. The number of Topliss-reactive ketones (excluding diaryl/α,β-unsaturated/α-hetero) is 1. The highest BCUT2D eigenvalue weighted by molar-refractivity contribution is 6.42. The number of amides is 1. The molecule has 11 heavy (non-hydrogen) atoms. The molecule has 0 bridgehead atoms. The van der Waals surface area contributed by atoms with Crippen molar-refractivity contribution < 1.29 is 19.5 Å². The molecule has 0 radical (unpaired) electrons. The molecule has 5 heteroatoms. The summed E-state index contributed by atoms with van der Waals surface area (Å²) in [6.45, 7) is -0.00694. The predicted molar refractivity (Wildman–Crippen MR) is 33.8 cm³/mol. The van der Waals surface area contributed by atoms with Gasteiger partial charge >= 0.3 is 5.97 Å². The minimum absolute atomic E-state index is 0.00694. The van der Waals surface area contributed by atoms with Gasteiger partial charge in [-0.2, -0.15) is 0 Å². The quantitative estimate of drug-likeness (QED) is 0.380. The highest BCUT2D eigenvalue weighted by atomic mass is 16.4. The van der Waals surface area contributed by atoms with E-state index < -0.39 is 23.6 Å². The van der Waals surface area contributed by atoms with Gasteiger partial charge in [-0.15, -0.1) is 0 Å². The van der Waals surface area contributed by atoms with Crippen LogP contribution in [0.15, 0.2) is 0 Å². The number of carbonyl (C=O) groups excluding carboxylic acids is 2. The molecule has 1 aliphatic rings. The Morgan fingerprint density at radius 3 is 2.36 bits per heavy atom. The van der Waals surface area contributed by atoms with Crippen LogP contribution in [0.2, 0.25) is 0 Å². The van der Waals surface area contributed by atoms with E-state index in [0.717, 1.165) is 4.90 Å². The zero-order valence-corrected chi connectivity index (χ0v) is 5.90. The SMILES string of the molecule is CN1CC(C(=O)O)C(=O)C1=O. The van der Waals surface area contributed by atoms with Gasteiger partial charge in [0.2, 0.25) is 5.78 Å². The highest BCUT2D eigenvalue weighted by Gasteiger charge is 2.41. The third kappa shape index (κ3) is 1.09. The van der Waals surface area contributed by atoms with Crippen molar-refractivity contribution in [3.63, 3.8) is 0 Å². The van der Waals surface area contributed by atoms with Gasteiger partial charge in [0, 0.05) is 13.6 Å². The zero-order chi connectivity index (χ0) is 8.59. The van der Waals surface area contributed by atoms with Gasteiger partial charge in [-0.25, -0.2) is 0 Å². The lowest BCUT2D eigenvalue weighted by Crippen LogP contribution is -2.23. The normalized spacial score (nSPS) is 24.5. The Hall–Kier alpha value is -1.39. The average Bonchev–Trinajstić information content (AvgIpc) is 2.17. The molecule has 0 aromatic rings. The number of carbonyl (C=O) groups is 3. The highest BCUT2D eigenvalue weighted by Crippen LogP contribution is 2.11. The first-order valence-corrected chi connectivity index (χ1v) is 3.06. The summed E-state index contributed by atoms with van der Waals surface area (Å²) in [4.78, 5) is 32.9. The van der Waals surface area contributed by atoms with Crippen LogP contribution in [-0.2, 0) is 14.4 Å². The number of aliphatic carboxylic acids is 1. The van der Waals surface area contributed by atoms with Crippen LogP contribution in [0.4, 0.5) is 0 Å². The molecule has 60 valence electrons. The Balaban J connectivity index is 2.83. The summed E-state index contributed by atoms with van der Waals surface area (Å²) in [7, 11) is 1.41. The summed E-state index contributed by atoms with van der Waals surface area (Å²) in [6, 6.07) is 0. The van der Waals surface area contributed by atoms with Crippen molar-refractivity contribution in [3.8, 4) is 0 Å². The van der Waals surface area contributed by atoms with E-state index in [2.05, 4.69) is 0 Å². The van der Waals surface area contributed by atoms with Gasteiger partial charge in [-0.1, -0.05) is 0 Å². The van der Waals surface area contributed by atoms with E-state index in [0.29, 0.717) is 0 Å². The predicted octanol–water partition coefficient (Wildman–Crippen LogP) is -1.27. The largest absolute Gasteiger partial charge is 0.481 e. The van der Waals surface area contributed by atoms with Crippen LogP contribution in [0, 0.1) is 5.92 Å². The Labute approximate surface area is 62.6 Å². The second-order valence-corrected chi connectivity index (χ2v) is 2.44. The van der Waals surface area contributed by atoms with Crippen molar-refractivity contribution in [1.29, 1.82) is 0 Å². The van der Waals surface area contributed by atoms with Crippen molar-refractivity contribution in [2.24, 2.45) is 5.92 Å². The maximum atomic E-state index is 10.8. The van der Waals surface area contributed by atoms with Gasteiger partial charge < -0.3 is 10.0 Å². The van der Waals surface area contributed by atoms with Gasteiger partial charge in [0.05, 0.1) is 0 Å². The molecule has 0 spiro atoms. The molecule has 1 atom stereocenters. The lowest BCUT2D eigenvalue weighted by atomic mass is 10.1. The van der Waals surface area contributed by atoms with Crippen LogP contribution in [0.25, 0.3) is 0 Å². The molecule has 0 aromatic carbocycles. The second kappa shape index (κ2) is 2.34. The minimum atomic E-state index is -1.23. The van der Waals surface area contributed by atoms with Crippen molar-refractivity contribution in [2.75, 3.05) is 13.6 Å². The Morgan fingerprint density at radius 2 is 2.18 bits per heavy atom. The van der Waals surface area contributed by atoms with Crippen LogP contribution < -0.4 is 0 Å². The van der Waals surface area contributed by atoms with Crippen LogP contribution in [-0.4, -0.2) is 41.3 Å². The first kappa shape index (κ1) is 7.71. The Kier molecular flexibility index (Phi) is 1.64. The molecule has 1 rings (SSSR count). The number of carboxylic acid groups (broad SMARTS) is 1. The summed E-state index contributed by atoms with van der Waals surface area (Å²) < 4.78 is 0. The molecule has 1 aliphatic heterocycles. The lowest BCUT2D eigenvalue weighted by Gasteiger charge is -2.03. The molecule has 1 heterocycles. The van der Waals surface area contributed by atoms with Crippen molar-refractivity contribution in [1.82, 2.24) is 4.90 Å². The molecule has 1 amide bonds. The van der Waals surface area contributed by atoms with Gasteiger partial charge in [0.15, 0.2) is 0 Å². The number of ketones is 1. The summed E-state index contributed by atoms with van der Waals surface area (Å²) >= 11 is 0. The third-order valence-electron chi connectivity index (χ3n) is 1.63. The molecular weight excluding hydrogens is 150 g/mol.